The number of hydrogen-bond donors (Lipinski definition) is 2. The number of guanidine groups is 1. The monoisotopic (exact) mass is 564 g/mol. The van der Waals surface area contributed by atoms with Gasteiger partial charge in [-0.05, 0) is 37.1 Å². The molecule has 2 N–H and O–H groups in total. The van der Waals surface area contributed by atoms with Crippen LogP contribution in [0.15, 0.2) is 35.6 Å². The van der Waals surface area contributed by atoms with Crippen molar-refractivity contribution in [3.63, 3.8) is 0 Å². The smallest absolute Gasteiger partial charge is 0.251 e. The maximum absolute atomic E-state index is 12.2. The second kappa shape index (κ2) is 11.8. The lowest BCUT2D eigenvalue weighted by molar-refractivity contribution is 0.0955. The molecule has 1 aliphatic rings. The Morgan fingerprint density at radius 1 is 1.30 bits per heavy atom. The molecule has 1 fully saturated rings. The van der Waals surface area contributed by atoms with E-state index in [0.29, 0.717) is 34.6 Å². The summed E-state index contributed by atoms with van der Waals surface area (Å²) < 4.78 is 1.84. The van der Waals surface area contributed by atoms with Crippen LogP contribution in [-0.2, 0) is 7.05 Å². The number of carbonyl (C=O) groups is 1. The molecule has 10 heteroatoms. The molecule has 1 aromatic carbocycles. The number of aromatic nitrogens is 2. The van der Waals surface area contributed by atoms with Crippen molar-refractivity contribution in [2.75, 3.05) is 32.7 Å². The highest BCUT2D eigenvalue weighted by atomic mass is 127. The van der Waals surface area contributed by atoms with Crippen molar-refractivity contribution in [3.8, 4) is 0 Å². The molecule has 1 atom stereocenters. The first-order chi connectivity index (χ1) is 14.0. The fourth-order valence-corrected chi connectivity index (χ4v) is 3.67. The van der Waals surface area contributed by atoms with E-state index in [0.717, 1.165) is 32.0 Å². The topological polar surface area (TPSA) is 74.6 Å². The molecule has 2 aromatic rings. The quantitative estimate of drug-likeness (QED) is 0.244. The van der Waals surface area contributed by atoms with Crippen LogP contribution < -0.4 is 10.6 Å². The molecule has 1 saturated heterocycles. The van der Waals surface area contributed by atoms with Gasteiger partial charge in [0.1, 0.15) is 0 Å². The van der Waals surface area contributed by atoms with Crippen molar-refractivity contribution in [2.24, 2.45) is 12.0 Å². The van der Waals surface area contributed by atoms with Crippen LogP contribution in [0.2, 0.25) is 10.0 Å². The standard InChI is InChI=1S/C20H26Cl2N6O.HI/c1-3-23-20(28-9-6-15(13-28)16-11-26-27(2)12-16)25-8-7-24-19(29)14-4-5-17(21)18(22)10-14;/h4-5,10-12,15H,3,6-9,13H2,1-2H3,(H,23,25)(H,24,29);1H. The molecule has 2 heterocycles. The highest BCUT2D eigenvalue weighted by Crippen LogP contribution is 2.26. The Hall–Kier alpha value is -1.52. The number of likely N-dealkylation sites (tertiary alicyclic amines) is 1. The summed E-state index contributed by atoms with van der Waals surface area (Å²) in [4.78, 5) is 19.2. The number of amides is 1. The van der Waals surface area contributed by atoms with Gasteiger partial charge in [0.2, 0.25) is 0 Å². The minimum Gasteiger partial charge on any atom is -0.357 e. The average Bonchev–Trinajstić information content (AvgIpc) is 3.35. The van der Waals surface area contributed by atoms with E-state index in [9.17, 15) is 4.79 Å². The normalized spacial score (nSPS) is 16.3. The van der Waals surface area contributed by atoms with Crippen molar-refractivity contribution < 1.29 is 4.79 Å². The molecule has 1 aromatic heterocycles. The molecule has 1 unspecified atom stereocenters. The molecule has 7 nitrogen and oxygen atoms in total. The Labute approximate surface area is 204 Å². The Kier molecular flexibility index (Phi) is 9.70. The first kappa shape index (κ1) is 24.7. The van der Waals surface area contributed by atoms with Crippen LogP contribution >= 0.6 is 47.2 Å². The summed E-state index contributed by atoms with van der Waals surface area (Å²) in [5, 5.41) is 11.3. The summed E-state index contributed by atoms with van der Waals surface area (Å²) in [6.45, 7) is 5.63. The zero-order valence-electron chi connectivity index (χ0n) is 17.1. The van der Waals surface area contributed by atoms with Gasteiger partial charge in [0.15, 0.2) is 5.96 Å². The van der Waals surface area contributed by atoms with Crippen LogP contribution in [0.4, 0.5) is 0 Å². The third-order valence-electron chi connectivity index (χ3n) is 4.86. The minimum absolute atomic E-state index is 0. The van der Waals surface area contributed by atoms with Gasteiger partial charge in [-0.15, -0.1) is 24.0 Å². The van der Waals surface area contributed by atoms with Gasteiger partial charge in [0.05, 0.1) is 22.8 Å². The van der Waals surface area contributed by atoms with E-state index in [-0.39, 0.29) is 29.9 Å². The highest BCUT2D eigenvalue weighted by Gasteiger charge is 2.26. The summed E-state index contributed by atoms with van der Waals surface area (Å²) in [7, 11) is 1.94. The van der Waals surface area contributed by atoms with Crippen LogP contribution in [0.25, 0.3) is 0 Å². The van der Waals surface area contributed by atoms with Gasteiger partial charge in [-0.25, -0.2) is 0 Å². The van der Waals surface area contributed by atoms with E-state index in [4.69, 9.17) is 23.2 Å². The Bertz CT molecular complexity index is 888. The van der Waals surface area contributed by atoms with E-state index in [2.05, 4.69) is 38.7 Å². The van der Waals surface area contributed by atoms with Crippen molar-refractivity contribution in [2.45, 2.75) is 19.3 Å². The van der Waals surface area contributed by atoms with Crippen LogP contribution in [0.5, 0.6) is 0 Å². The van der Waals surface area contributed by atoms with Crippen LogP contribution in [0.3, 0.4) is 0 Å². The number of rotatable bonds is 6. The van der Waals surface area contributed by atoms with Crippen molar-refractivity contribution >= 4 is 59.0 Å². The van der Waals surface area contributed by atoms with Gasteiger partial charge < -0.3 is 15.5 Å². The molecule has 0 spiro atoms. The van der Waals surface area contributed by atoms with Gasteiger partial charge >= 0.3 is 0 Å². The number of hydrogen-bond acceptors (Lipinski definition) is 3. The molecular formula is C20H27Cl2IN6O. The molecule has 1 amide bonds. The number of carbonyl (C=O) groups excluding carboxylic acids is 1. The molecule has 3 rings (SSSR count). The summed E-state index contributed by atoms with van der Waals surface area (Å²) in [6, 6.07) is 4.83. The molecule has 0 radical (unpaired) electrons. The molecule has 30 heavy (non-hydrogen) atoms. The third kappa shape index (κ3) is 6.49. The Morgan fingerprint density at radius 3 is 2.77 bits per heavy atom. The molecule has 0 bridgehead atoms. The lowest BCUT2D eigenvalue weighted by atomic mass is 10.0. The van der Waals surface area contributed by atoms with Crippen LogP contribution in [-0.4, -0.2) is 59.3 Å². The summed E-state index contributed by atoms with van der Waals surface area (Å²) in [5.41, 5.74) is 1.74. The predicted octanol–water partition coefficient (Wildman–Crippen LogP) is 3.53. The average molecular weight is 565 g/mol. The van der Waals surface area contributed by atoms with Gasteiger partial charge in [0.25, 0.3) is 5.91 Å². The zero-order valence-corrected chi connectivity index (χ0v) is 20.9. The summed E-state index contributed by atoms with van der Waals surface area (Å²) in [6.07, 6.45) is 5.09. The summed E-state index contributed by atoms with van der Waals surface area (Å²) >= 11 is 11.9. The van der Waals surface area contributed by atoms with E-state index >= 15 is 0 Å². The first-order valence-corrected chi connectivity index (χ1v) is 10.5. The van der Waals surface area contributed by atoms with E-state index in [1.54, 1.807) is 18.2 Å². The van der Waals surface area contributed by atoms with Gasteiger partial charge in [-0.2, -0.15) is 5.10 Å². The number of halogens is 3. The van der Waals surface area contributed by atoms with Crippen molar-refractivity contribution in [3.05, 3.63) is 51.8 Å². The highest BCUT2D eigenvalue weighted by molar-refractivity contribution is 14.0. The lowest BCUT2D eigenvalue weighted by Gasteiger charge is -2.21. The molecule has 0 saturated carbocycles. The Balaban J connectivity index is 0.00000320. The first-order valence-electron chi connectivity index (χ1n) is 9.73. The number of aliphatic imine (C=N–C) groups is 1. The zero-order chi connectivity index (χ0) is 20.8. The minimum atomic E-state index is -0.193. The number of nitrogens with zero attached hydrogens (tertiary/aromatic N) is 4. The maximum atomic E-state index is 12.2. The predicted molar refractivity (Wildman–Crippen MR) is 132 cm³/mol. The third-order valence-corrected chi connectivity index (χ3v) is 5.60. The number of benzene rings is 1. The number of aryl methyl sites for hydroxylation is 1. The van der Waals surface area contributed by atoms with E-state index < -0.39 is 0 Å². The van der Waals surface area contributed by atoms with Crippen LogP contribution in [0.1, 0.15) is 35.2 Å². The lowest BCUT2D eigenvalue weighted by Crippen LogP contribution is -2.40. The van der Waals surface area contributed by atoms with E-state index in [1.807, 2.05) is 17.9 Å². The van der Waals surface area contributed by atoms with Gasteiger partial charge in [0, 0.05) is 50.9 Å². The number of nitrogens with one attached hydrogen (secondary N) is 2. The van der Waals surface area contributed by atoms with Gasteiger partial charge in [-0.3, -0.25) is 14.5 Å². The Morgan fingerprint density at radius 2 is 2.10 bits per heavy atom. The van der Waals surface area contributed by atoms with Crippen LogP contribution in [0, 0.1) is 0 Å². The van der Waals surface area contributed by atoms with Crippen molar-refractivity contribution in [1.29, 1.82) is 0 Å². The molecular weight excluding hydrogens is 538 g/mol. The second-order valence-corrected chi connectivity index (χ2v) is 7.81. The molecule has 1 aliphatic heterocycles. The van der Waals surface area contributed by atoms with Gasteiger partial charge in [-0.1, -0.05) is 23.2 Å². The maximum Gasteiger partial charge on any atom is 0.251 e. The largest absolute Gasteiger partial charge is 0.357 e. The molecule has 164 valence electrons. The SMILES string of the molecule is CCNC(=NCCNC(=O)c1ccc(Cl)c(Cl)c1)N1CCC(c2cnn(C)c2)C1.I. The molecule has 0 aliphatic carbocycles. The van der Waals surface area contributed by atoms with Crippen molar-refractivity contribution in [1.82, 2.24) is 25.3 Å². The second-order valence-electron chi connectivity index (χ2n) is 7.00. The fourth-order valence-electron chi connectivity index (χ4n) is 3.37. The fraction of sp³-hybridized carbons (Fsp3) is 0.450. The summed E-state index contributed by atoms with van der Waals surface area (Å²) in [5.74, 6) is 1.14. The van der Waals surface area contributed by atoms with E-state index in [1.165, 1.54) is 5.56 Å².